The molecule has 0 bridgehead atoms. The van der Waals surface area contributed by atoms with Crippen molar-refractivity contribution in [3.05, 3.63) is 11.1 Å². The maximum absolute atomic E-state index is 10.4. The van der Waals surface area contributed by atoms with Crippen LogP contribution in [0.4, 0.5) is 0 Å². The fourth-order valence-electron chi connectivity index (χ4n) is 0.499. The third kappa shape index (κ3) is 5.49. The standard InChI is InChI=1S/C8H13ClO2S/c1-6(3-9)4-12-5-7(2)8(10)11/h3,7H,4-5H2,1-2H3,(H,10,11). The van der Waals surface area contributed by atoms with Crippen LogP contribution in [0.2, 0.25) is 0 Å². The number of rotatable bonds is 5. The Kier molecular flexibility index (Phi) is 6.30. The molecule has 0 aromatic rings. The summed E-state index contributed by atoms with van der Waals surface area (Å²) in [7, 11) is 0. The first kappa shape index (κ1) is 11.8. The molecule has 70 valence electrons. The number of carboxylic acids is 1. The lowest BCUT2D eigenvalue weighted by atomic mass is 10.2. The van der Waals surface area contributed by atoms with E-state index in [9.17, 15) is 4.79 Å². The number of aliphatic carboxylic acids is 1. The molecule has 0 aromatic heterocycles. The average Bonchev–Trinajstić information content (AvgIpc) is 2.03. The van der Waals surface area contributed by atoms with Crippen LogP contribution in [0.3, 0.4) is 0 Å². The van der Waals surface area contributed by atoms with E-state index in [0.717, 1.165) is 11.3 Å². The van der Waals surface area contributed by atoms with Crippen molar-refractivity contribution in [2.24, 2.45) is 5.92 Å². The molecule has 0 saturated carbocycles. The fourth-order valence-corrected chi connectivity index (χ4v) is 1.69. The molecule has 0 aromatic carbocycles. The number of hydrogen-bond donors (Lipinski definition) is 1. The van der Waals surface area contributed by atoms with E-state index in [1.54, 1.807) is 18.7 Å². The van der Waals surface area contributed by atoms with Gasteiger partial charge in [-0.2, -0.15) is 11.8 Å². The highest BCUT2D eigenvalue weighted by Gasteiger charge is 2.09. The quantitative estimate of drug-likeness (QED) is 0.755. The Balaban J connectivity index is 3.50. The zero-order chi connectivity index (χ0) is 9.56. The number of carbonyl (C=O) groups is 1. The van der Waals surface area contributed by atoms with Crippen LogP contribution in [0.1, 0.15) is 13.8 Å². The van der Waals surface area contributed by atoms with Gasteiger partial charge < -0.3 is 5.11 Å². The van der Waals surface area contributed by atoms with Crippen LogP contribution in [-0.2, 0) is 4.79 Å². The smallest absolute Gasteiger partial charge is 0.307 e. The van der Waals surface area contributed by atoms with E-state index in [2.05, 4.69) is 0 Å². The molecule has 0 rings (SSSR count). The van der Waals surface area contributed by atoms with Gasteiger partial charge in [0.25, 0.3) is 0 Å². The summed E-state index contributed by atoms with van der Waals surface area (Å²) >= 11 is 7.03. The number of carboxylic acid groups (broad SMARTS) is 1. The van der Waals surface area contributed by atoms with Gasteiger partial charge in [-0.15, -0.1) is 0 Å². The Morgan fingerprint density at radius 1 is 1.75 bits per heavy atom. The minimum atomic E-state index is -0.741. The van der Waals surface area contributed by atoms with Gasteiger partial charge in [0.05, 0.1) is 5.92 Å². The van der Waals surface area contributed by atoms with Crippen LogP contribution in [0, 0.1) is 5.92 Å². The highest BCUT2D eigenvalue weighted by Crippen LogP contribution is 2.12. The van der Waals surface area contributed by atoms with E-state index in [0.29, 0.717) is 5.75 Å². The molecule has 1 unspecified atom stereocenters. The van der Waals surface area contributed by atoms with Crippen LogP contribution in [-0.4, -0.2) is 22.6 Å². The Morgan fingerprint density at radius 2 is 2.33 bits per heavy atom. The van der Waals surface area contributed by atoms with E-state index in [1.165, 1.54) is 5.54 Å². The van der Waals surface area contributed by atoms with Gasteiger partial charge in [0.2, 0.25) is 0 Å². The van der Waals surface area contributed by atoms with Gasteiger partial charge in [0.15, 0.2) is 0 Å². The summed E-state index contributed by atoms with van der Waals surface area (Å²) in [5.41, 5.74) is 2.59. The van der Waals surface area contributed by atoms with E-state index in [4.69, 9.17) is 16.7 Å². The van der Waals surface area contributed by atoms with Crippen molar-refractivity contribution in [3.8, 4) is 0 Å². The van der Waals surface area contributed by atoms with E-state index in [-0.39, 0.29) is 5.92 Å². The summed E-state index contributed by atoms with van der Waals surface area (Å²) in [5, 5.41) is 8.55. The van der Waals surface area contributed by atoms with Gasteiger partial charge in [-0.1, -0.05) is 24.1 Å². The second-order valence-electron chi connectivity index (χ2n) is 2.71. The highest BCUT2D eigenvalue weighted by atomic mass is 35.5. The van der Waals surface area contributed by atoms with Gasteiger partial charge in [0.1, 0.15) is 0 Å². The summed E-state index contributed by atoms with van der Waals surface area (Å²) in [6, 6.07) is 0. The Bertz CT molecular complexity index is 180. The molecule has 0 fully saturated rings. The van der Waals surface area contributed by atoms with E-state index < -0.39 is 5.97 Å². The molecule has 4 heteroatoms. The third-order valence-corrected chi connectivity index (χ3v) is 3.07. The molecule has 0 aliphatic heterocycles. The first-order chi connectivity index (χ1) is 5.57. The summed E-state index contributed by atoms with van der Waals surface area (Å²) in [6.07, 6.45) is 0. The molecular formula is C8H13ClO2S. The second-order valence-corrected chi connectivity index (χ2v) is 3.96. The second kappa shape index (κ2) is 6.38. The number of halogens is 1. The maximum Gasteiger partial charge on any atom is 0.307 e. The SMILES string of the molecule is CC(=CCl)CSCC(C)C(=O)O. The molecule has 0 spiro atoms. The molecule has 0 heterocycles. The molecule has 0 aliphatic carbocycles. The van der Waals surface area contributed by atoms with Gasteiger partial charge in [-0.25, -0.2) is 0 Å². The highest BCUT2D eigenvalue weighted by molar-refractivity contribution is 7.99. The van der Waals surface area contributed by atoms with Crippen LogP contribution in [0.15, 0.2) is 11.1 Å². The lowest BCUT2D eigenvalue weighted by Crippen LogP contribution is -2.12. The van der Waals surface area contributed by atoms with Crippen molar-refractivity contribution in [2.75, 3.05) is 11.5 Å². The first-order valence-corrected chi connectivity index (χ1v) is 5.23. The van der Waals surface area contributed by atoms with Crippen LogP contribution in [0.5, 0.6) is 0 Å². The van der Waals surface area contributed by atoms with Crippen molar-refractivity contribution in [3.63, 3.8) is 0 Å². The maximum atomic E-state index is 10.4. The van der Waals surface area contributed by atoms with Gasteiger partial charge in [-0.3, -0.25) is 4.79 Å². The molecule has 12 heavy (non-hydrogen) atoms. The number of hydrogen-bond acceptors (Lipinski definition) is 2. The topological polar surface area (TPSA) is 37.3 Å². The third-order valence-electron chi connectivity index (χ3n) is 1.31. The van der Waals surface area contributed by atoms with Gasteiger partial charge >= 0.3 is 5.97 Å². The summed E-state index contributed by atoms with van der Waals surface area (Å²) in [4.78, 5) is 10.4. The largest absolute Gasteiger partial charge is 0.481 e. The summed E-state index contributed by atoms with van der Waals surface area (Å²) in [5.74, 6) is 0.423. The molecule has 0 aliphatic rings. The van der Waals surface area contributed by atoms with Gasteiger partial charge in [-0.05, 0) is 6.92 Å². The molecule has 0 saturated heterocycles. The van der Waals surface area contributed by atoms with Crippen molar-refractivity contribution in [1.29, 1.82) is 0 Å². The van der Waals surface area contributed by atoms with Crippen LogP contribution >= 0.6 is 23.4 Å². The fraction of sp³-hybridized carbons (Fsp3) is 0.625. The zero-order valence-corrected chi connectivity index (χ0v) is 8.78. The monoisotopic (exact) mass is 208 g/mol. The summed E-state index contributed by atoms with van der Waals surface area (Å²) in [6.45, 7) is 3.63. The minimum Gasteiger partial charge on any atom is -0.481 e. The van der Waals surface area contributed by atoms with Crippen LogP contribution < -0.4 is 0 Å². The van der Waals surface area contributed by atoms with E-state index >= 15 is 0 Å². The lowest BCUT2D eigenvalue weighted by Gasteiger charge is -2.04. The van der Waals surface area contributed by atoms with Crippen molar-refractivity contribution in [2.45, 2.75) is 13.8 Å². The summed E-state index contributed by atoms with van der Waals surface area (Å²) < 4.78 is 0. The van der Waals surface area contributed by atoms with Crippen LogP contribution in [0.25, 0.3) is 0 Å². The average molecular weight is 209 g/mol. The lowest BCUT2D eigenvalue weighted by molar-refractivity contribution is -0.140. The predicted molar refractivity (Wildman–Crippen MR) is 53.7 cm³/mol. The van der Waals surface area contributed by atoms with Gasteiger partial charge in [0, 0.05) is 17.0 Å². The zero-order valence-electron chi connectivity index (χ0n) is 7.21. The number of thioether (sulfide) groups is 1. The molecule has 1 atom stereocenters. The molecule has 1 N–H and O–H groups in total. The molecule has 0 radical (unpaired) electrons. The Hall–Kier alpha value is -0.150. The van der Waals surface area contributed by atoms with Crippen molar-refractivity contribution < 1.29 is 9.90 Å². The first-order valence-electron chi connectivity index (χ1n) is 3.64. The van der Waals surface area contributed by atoms with Crippen molar-refractivity contribution in [1.82, 2.24) is 0 Å². The van der Waals surface area contributed by atoms with E-state index in [1.807, 2.05) is 6.92 Å². The predicted octanol–water partition coefficient (Wildman–Crippen LogP) is 2.58. The van der Waals surface area contributed by atoms with Crippen molar-refractivity contribution >= 4 is 29.3 Å². The molecule has 0 amide bonds. The Labute approximate surface area is 82.0 Å². The molecule has 2 nitrogen and oxygen atoms in total. The Morgan fingerprint density at radius 3 is 2.75 bits per heavy atom. The molecular weight excluding hydrogens is 196 g/mol. The normalized spacial score (nSPS) is 14.4. The minimum absolute atomic E-state index is 0.280.